The van der Waals surface area contributed by atoms with Crippen molar-refractivity contribution in [3.05, 3.63) is 46.2 Å². The largest absolute Gasteiger partial charge is 0.493 e. The molecule has 2 heterocycles. The van der Waals surface area contributed by atoms with Crippen LogP contribution >= 0.6 is 23.7 Å². The van der Waals surface area contributed by atoms with Gasteiger partial charge in [0, 0.05) is 23.5 Å². The van der Waals surface area contributed by atoms with Gasteiger partial charge in [0.1, 0.15) is 6.61 Å². The molecule has 2 N–H and O–H groups in total. The minimum Gasteiger partial charge on any atom is -0.493 e. The van der Waals surface area contributed by atoms with Crippen molar-refractivity contribution in [3.8, 4) is 11.5 Å². The van der Waals surface area contributed by atoms with E-state index in [-0.39, 0.29) is 18.4 Å². The minimum atomic E-state index is 0. The fraction of sp³-hybridized carbons (Fsp3) is 0.500. The molecule has 6 heteroatoms. The van der Waals surface area contributed by atoms with E-state index in [2.05, 4.69) is 35.4 Å². The highest BCUT2D eigenvalue weighted by atomic mass is 35.5. The number of nitrogens with zero attached hydrogens (tertiary/aromatic N) is 1. The summed E-state index contributed by atoms with van der Waals surface area (Å²) in [7, 11) is 1.70. The fourth-order valence-electron chi connectivity index (χ4n) is 3.52. The summed E-state index contributed by atoms with van der Waals surface area (Å²) in [4.78, 5) is 3.72. The average Bonchev–Trinajstić information content (AvgIpc) is 3.14. The van der Waals surface area contributed by atoms with Crippen LogP contribution in [0.25, 0.3) is 0 Å². The Hall–Kier alpha value is -1.27. The summed E-state index contributed by atoms with van der Waals surface area (Å²) >= 11 is 1.70. The van der Waals surface area contributed by atoms with E-state index in [4.69, 9.17) is 15.2 Å². The van der Waals surface area contributed by atoms with Crippen molar-refractivity contribution in [2.24, 2.45) is 5.73 Å². The number of rotatable bonds is 7. The van der Waals surface area contributed by atoms with E-state index in [1.807, 2.05) is 12.1 Å². The third-order valence-electron chi connectivity index (χ3n) is 4.83. The average molecular weight is 397 g/mol. The van der Waals surface area contributed by atoms with E-state index in [1.54, 1.807) is 18.4 Å². The van der Waals surface area contributed by atoms with Gasteiger partial charge in [0.2, 0.25) is 0 Å². The van der Waals surface area contributed by atoms with Gasteiger partial charge in [-0.3, -0.25) is 4.90 Å². The smallest absolute Gasteiger partial charge is 0.161 e. The molecule has 4 nitrogen and oxygen atoms in total. The Morgan fingerprint density at radius 3 is 2.81 bits per heavy atom. The highest BCUT2D eigenvalue weighted by Gasteiger charge is 2.25. The molecule has 1 aromatic carbocycles. The van der Waals surface area contributed by atoms with Gasteiger partial charge >= 0.3 is 0 Å². The first-order chi connectivity index (χ1) is 12.2. The van der Waals surface area contributed by atoms with Gasteiger partial charge in [0.25, 0.3) is 0 Å². The second kappa shape index (κ2) is 10.2. The summed E-state index contributed by atoms with van der Waals surface area (Å²) in [6, 6.07) is 11.0. The zero-order valence-electron chi connectivity index (χ0n) is 15.5. The number of piperidine rings is 1. The number of benzene rings is 1. The highest BCUT2D eigenvalue weighted by molar-refractivity contribution is 7.09. The molecule has 1 saturated heterocycles. The van der Waals surface area contributed by atoms with Crippen LogP contribution in [0.15, 0.2) is 35.7 Å². The molecule has 2 unspecified atom stereocenters. The summed E-state index contributed by atoms with van der Waals surface area (Å²) < 4.78 is 11.5. The lowest BCUT2D eigenvalue weighted by molar-refractivity contribution is 0.123. The molecule has 1 aliphatic rings. The van der Waals surface area contributed by atoms with Gasteiger partial charge < -0.3 is 15.2 Å². The number of ether oxygens (including phenoxy) is 2. The molecule has 26 heavy (non-hydrogen) atoms. The number of methoxy groups -OCH3 is 1. The van der Waals surface area contributed by atoms with Crippen LogP contribution in [-0.4, -0.2) is 30.6 Å². The topological polar surface area (TPSA) is 47.7 Å². The summed E-state index contributed by atoms with van der Waals surface area (Å²) in [5, 5.41) is 2.06. The number of hydrogen-bond acceptors (Lipinski definition) is 5. The number of likely N-dealkylation sites (tertiary alicyclic amines) is 1. The molecule has 1 aromatic heterocycles. The second-order valence-corrected chi connectivity index (χ2v) is 7.78. The maximum Gasteiger partial charge on any atom is 0.161 e. The molecule has 0 bridgehead atoms. The maximum atomic E-state index is 6.19. The van der Waals surface area contributed by atoms with Crippen LogP contribution in [0.4, 0.5) is 0 Å². The Kier molecular flexibility index (Phi) is 8.22. The van der Waals surface area contributed by atoms with Crippen LogP contribution in [0.5, 0.6) is 11.5 Å². The maximum absolute atomic E-state index is 6.19. The van der Waals surface area contributed by atoms with E-state index in [1.165, 1.54) is 29.7 Å². The second-order valence-electron chi connectivity index (χ2n) is 6.75. The van der Waals surface area contributed by atoms with E-state index in [9.17, 15) is 0 Å². The number of thiophene rings is 1. The normalized spacial score (nSPS) is 18.8. The van der Waals surface area contributed by atoms with Crippen LogP contribution in [0, 0.1) is 0 Å². The highest BCUT2D eigenvalue weighted by Crippen LogP contribution is 2.31. The molecule has 0 aliphatic carbocycles. The SMILES string of the molecule is COc1cc(CN2CCCCC2C(C)N)ccc1OCc1cccs1.Cl. The van der Waals surface area contributed by atoms with Crippen molar-refractivity contribution in [2.75, 3.05) is 13.7 Å². The van der Waals surface area contributed by atoms with Crippen LogP contribution < -0.4 is 15.2 Å². The van der Waals surface area contributed by atoms with Crippen molar-refractivity contribution in [1.82, 2.24) is 4.90 Å². The van der Waals surface area contributed by atoms with Gasteiger partial charge in [-0.05, 0) is 55.5 Å². The van der Waals surface area contributed by atoms with Gasteiger partial charge in [-0.1, -0.05) is 18.6 Å². The van der Waals surface area contributed by atoms with Crippen molar-refractivity contribution < 1.29 is 9.47 Å². The third kappa shape index (κ3) is 5.36. The zero-order valence-corrected chi connectivity index (χ0v) is 17.2. The summed E-state index contributed by atoms with van der Waals surface area (Å²) in [5.41, 5.74) is 7.44. The quantitative estimate of drug-likeness (QED) is 0.750. The summed E-state index contributed by atoms with van der Waals surface area (Å²) in [5.74, 6) is 1.59. The zero-order chi connectivity index (χ0) is 17.6. The number of nitrogens with two attached hydrogens (primary N) is 1. The molecule has 0 radical (unpaired) electrons. The molecule has 0 amide bonds. The number of halogens is 1. The van der Waals surface area contributed by atoms with Gasteiger partial charge in [0.05, 0.1) is 7.11 Å². The van der Waals surface area contributed by atoms with Gasteiger partial charge in [-0.15, -0.1) is 23.7 Å². The molecule has 3 rings (SSSR count). The Morgan fingerprint density at radius 1 is 1.27 bits per heavy atom. The number of hydrogen-bond donors (Lipinski definition) is 1. The molecule has 144 valence electrons. The van der Waals surface area contributed by atoms with Crippen LogP contribution in [0.1, 0.15) is 36.6 Å². The van der Waals surface area contributed by atoms with Gasteiger partial charge in [-0.25, -0.2) is 0 Å². The van der Waals surface area contributed by atoms with Crippen LogP contribution in [0.3, 0.4) is 0 Å². The van der Waals surface area contributed by atoms with Crippen molar-refractivity contribution >= 4 is 23.7 Å². The van der Waals surface area contributed by atoms with E-state index in [0.29, 0.717) is 12.6 Å². The Labute approximate surface area is 166 Å². The molecular formula is C20H29ClN2O2S. The van der Waals surface area contributed by atoms with E-state index < -0.39 is 0 Å². The van der Waals surface area contributed by atoms with Gasteiger partial charge in [-0.2, -0.15) is 0 Å². The van der Waals surface area contributed by atoms with Crippen LogP contribution in [0.2, 0.25) is 0 Å². The van der Waals surface area contributed by atoms with Crippen molar-refractivity contribution in [2.45, 2.75) is 51.4 Å². The minimum absolute atomic E-state index is 0. The lowest BCUT2D eigenvalue weighted by Gasteiger charge is -2.38. The van der Waals surface area contributed by atoms with E-state index in [0.717, 1.165) is 24.6 Å². The Bertz CT molecular complexity index is 664. The Balaban J connectivity index is 0.00000243. The lowest BCUT2D eigenvalue weighted by atomic mass is 9.96. The summed E-state index contributed by atoms with van der Waals surface area (Å²) in [6.45, 7) is 4.72. The molecule has 2 atom stereocenters. The fourth-order valence-corrected chi connectivity index (χ4v) is 4.13. The first-order valence-electron chi connectivity index (χ1n) is 8.99. The molecule has 1 aliphatic heterocycles. The summed E-state index contributed by atoms with van der Waals surface area (Å²) in [6.07, 6.45) is 3.72. The predicted molar refractivity (Wildman–Crippen MR) is 111 cm³/mol. The Morgan fingerprint density at radius 2 is 2.12 bits per heavy atom. The third-order valence-corrected chi connectivity index (χ3v) is 5.68. The first kappa shape index (κ1) is 21.0. The van der Waals surface area contributed by atoms with Crippen molar-refractivity contribution in [3.63, 3.8) is 0 Å². The van der Waals surface area contributed by atoms with Crippen molar-refractivity contribution in [1.29, 1.82) is 0 Å². The van der Waals surface area contributed by atoms with Gasteiger partial charge in [0.15, 0.2) is 11.5 Å². The standard InChI is InChI=1S/C20H28N2O2S.ClH/c1-15(21)18-7-3-4-10-22(18)13-16-8-9-19(20(12-16)23-2)24-14-17-6-5-11-25-17;/h5-6,8-9,11-12,15,18H,3-4,7,10,13-14,21H2,1-2H3;1H. The molecular weight excluding hydrogens is 368 g/mol. The lowest BCUT2D eigenvalue weighted by Crippen LogP contribution is -2.48. The van der Waals surface area contributed by atoms with Crippen LogP contribution in [-0.2, 0) is 13.2 Å². The molecule has 0 saturated carbocycles. The molecule has 2 aromatic rings. The molecule has 0 spiro atoms. The molecule has 1 fully saturated rings. The van der Waals surface area contributed by atoms with E-state index >= 15 is 0 Å². The monoisotopic (exact) mass is 396 g/mol. The first-order valence-corrected chi connectivity index (χ1v) is 9.87. The predicted octanol–water partition coefficient (Wildman–Crippen LogP) is 4.46.